The van der Waals surface area contributed by atoms with Crippen LogP contribution in [0, 0.1) is 5.92 Å². The number of aromatic nitrogens is 1. The summed E-state index contributed by atoms with van der Waals surface area (Å²) in [6.45, 7) is 2.25. The first-order valence-electron chi connectivity index (χ1n) is 7.25. The first-order chi connectivity index (χ1) is 9.63. The highest BCUT2D eigenvalue weighted by Crippen LogP contribution is 2.29. The van der Waals surface area contributed by atoms with Gasteiger partial charge in [0.2, 0.25) is 0 Å². The Morgan fingerprint density at radius 2 is 2.10 bits per heavy atom. The van der Waals surface area contributed by atoms with Crippen LogP contribution in [0.15, 0.2) is 12.1 Å². The third-order valence-electron chi connectivity index (χ3n) is 4.09. The van der Waals surface area contributed by atoms with Crippen LogP contribution in [-0.2, 0) is 4.74 Å². The summed E-state index contributed by atoms with van der Waals surface area (Å²) >= 11 is 0. The Balaban J connectivity index is 2.03. The van der Waals surface area contributed by atoms with Crippen molar-refractivity contribution in [2.45, 2.75) is 45.1 Å². The first kappa shape index (κ1) is 14.6. The van der Waals surface area contributed by atoms with Crippen molar-refractivity contribution in [1.29, 1.82) is 0 Å². The number of esters is 1. The minimum atomic E-state index is -0.442. The van der Waals surface area contributed by atoms with Crippen LogP contribution in [-0.4, -0.2) is 24.1 Å². The van der Waals surface area contributed by atoms with Crippen molar-refractivity contribution in [2.24, 2.45) is 5.92 Å². The third kappa shape index (κ3) is 3.40. The van der Waals surface area contributed by atoms with E-state index in [-0.39, 0.29) is 5.69 Å². The molecule has 1 aromatic heterocycles. The molecule has 1 aromatic rings. The van der Waals surface area contributed by atoms with Crippen molar-refractivity contribution < 1.29 is 9.53 Å². The van der Waals surface area contributed by atoms with Gasteiger partial charge in [0.25, 0.3) is 0 Å². The number of nitrogens with one attached hydrogen (secondary N) is 1. The number of carbonyl (C=O) groups excluding carboxylic acids is 1. The van der Waals surface area contributed by atoms with E-state index in [4.69, 9.17) is 5.73 Å². The monoisotopic (exact) mass is 277 g/mol. The molecule has 110 valence electrons. The quantitative estimate of drug-likeness (QED) is 0.827. The van der Waals surface area contributed by atoms with E-state index in [1.54, 1.807) is 12.1 Å². The molecular formula is C15H23N3O2. The molecule has 1 saturated carbocycles. The van der Waals surface area contributed by atoms with E-state index in [1.165, 1.54) is 26.4 Å². The lowest BCUT2D eigenvalue weighted by Crippen LogP contribution is -2.27. The van der Waals surface area contributed by atoms with Gasteiger partial charge in [0.05, 0.1) is 12.8 Å². The van der Waals surface area contributed by atoms with Crippen LogP contribution >= 0.6 is 0 Å². The first-order valence-corrected chi connectivity index (χ1v) is 7.25. The number of rotatable bonds is 4. The Morgan fingerprint density at radius 3 is 2.70 bits per heavy atom. The lowest BCUT2D eigenvalue weighted by atomic mass is 9.84. The number of ether oxygens (including phenoxy) is 1. The summed E-state index contributed by atoms with van der Waals surface area (Å²) in [5.74, 6) is 0.996. The summed E-state index contributed by atoms with van der Waals surface area (Å²) in [5.41, 5.74) is 6.77. The summed E-state index contributed by atoms with van der Waals surface area (Å²) in [6, 6.07) is 3.67. The second-order valence-electron chi connectivity index (χ2n) is 5.40. The third-order valence-corrected chi connectivity index (χ3v) is 4.09. The summed E-state index contributed by atoms with van der Waals surface area (Å²) in [4.78, 5) is 15.8. The molecule has 0 radical (unpaired) electrons. The zero-order chi connectivity index (χ0) is 14.5. The van der Waals surface area contributed by atoms with Crippen LogP contribution in [0.2, 0.25) is 0 Å². The van der Waals surface area contributed by atoms with Crippen LogP contribution in [0.25, 0.3) is 0 Å². The molecule has 3 N–H and O–H groups in total. The highest BCUT2D eigenvalue weighted by Gasteiger charge is 2.21. The van der Waals surface area contributed by atoms with Gasteiger partial charge in [-0.2, -0.15) is 0 Å². The second kappa shape index (κ2) is 6.59. The predicted molar refractivity (Wildman–Crippen MR) is 79.6 cm³/mol. The van der Waals surface area contributed by atoms with Crippen molar-refractivity contribution in [3.05, 3.63) is 17.8 Å². The van der Waals surface area contributed by atoms with Gasteiger partial charge in [-0.05, 0) is 43.7 Å². The molecule has 0 spiro atoms. The van der Waals surface area contributed by atoms with Gasteiger partial charge < -0.3 is 15.8 Å². The minimum absolute atomic E-state index is 0.284. The predicted octanol–water partition coefficient (Wildman–Crippen LogP) is 2.83. The number of hydrogen-bond acceptors (Lipinski definition) is 5. The molecule has 0 aromatic carbocycles. The van der Waals surface area contributed by atoms with E-state index >= 15 is 0 Å². The average Bonchev–Trinajstić information content (AvgIpc) is 2.49. The van der Waals surface area contributed by atoms with E-state index in [1.807, 2.05) is 0 Å². The molecule has 0 aliphatic heterocycles. The number of anilines is 2. The minimum Gasteiger partial charge on any atom is -0.464 e. The average molecular weight is 277 g/mol. The van der Waals surface area contributed by atoms with Crippen molar-refractivity contribution in [3.8, 4) is 0 Å². The molecule has 0 atom stereocenters. The topological polar surface area (TPSA) is 77.2 Å². The zero-order valence-electron chi connectivity index (χ0n) is 12.2. The molecule has 1 heterocycles. The lowest BCUT2D eigenvalue weighted by molar-refractivity contribution is 0.0594. The van der Waals surface area contributed by atoms with Crippen LogP contribution in [0.1, 0.15) is 49.5 Å². The molecule has 0 saturated heterocycles. The summed E-state index contributed by atoms with van der Waals surface area (Å²) in [6.07, 6.45) is 5.99. The Hall–Kier alpha value is -1.78. The number of nitrogens with zero attached hydrogens (tertiary/aromatic N) is 1. The molecule has 1 aliphatic rings. The summed E-state index contributed by atoms with van der Waals surface area (Å²) < 4.78 is 4.68. The smallest absolute Gasteiger partial charge is 0.356 e. The van der Waals surface area contributed by atoms with Crippen molar-refractivity contribution in [2.75, 3.05) is 18.2 Å². The van der Waals surface area contributed by atoms with Crippen LogP contribution < -0.4 is 11.1 Å². The number of methoxy groups -OCH3 is 1. The van der Waals surface area contributed by atoms with Crippen LogP contribution in [0.4, 0.5) is 11.5 Å². The van der Waals surface area contributed by atoms with Gasteiger partial charge >= 0.3 is 5.97 Å². The highest BCUT2D eigenvalue weighted by atomic mass is 16.5. The van der Waals surface area contributed by atoms with E-state index in [0.717, 1.165) is 18.8 Å². The van der Waals surface area contributed by atoms with Gasteiger partial charge in [-0.3, -0.25) is 0 Å². The van der Waals surface area contributed by atoms with Crippen LogP contribution in [0.5, 0.6) is 0 Å². The molecule has 2 rings (SSSR count). The molecule has 1 fully saturated rings. The number of carbonyl (C=O) groups is 1. The normalized spacial score (nSPS) is 22.3. The van der Waals surface area contributed by atoms with Crippen molar-refractivity contribution in [3.63, 3.8) is 0 Å². The molecule has 0 amide bonds. The number of hydrogen-bond donors (Lipinski definition) is 2. The van der Waals surface area contributed by atoms with Gasteiger partial charge in [0.15, 0.2) is 5.69 Å². The molecule has 20 heavy (non-hydrogen) atoms. The Morgan fingerprint density at radius 1 is 1.40 bits per heavy atom. The van der Waals surface area contributed by atoms with Crippen molar-refractivity contribution in [1.82, 2.24) is 4.98 Å². The van der Waals surface area contributed by atoms with Gasteiger partial charge in [0.1, 0.15) is 5.82 Å². The molecular weight excluding hydrogens is 254 g/mol. The van der Waals surface area contributed by atoms with Gasteiger partial charge in [-0.25, -0.2) is 9.78 Å². The standard InChI is InChI=1S/C15H23N3O2/c1-3-10-4-6-11(7-5-10)17-14-12(16)8-9-13(18-14)15(19)20-2/h8-11H,3-7,16H2,1-2H3,(H,17,18). The Labute approximate surface area is 119 Å². The molecule has 5 heteroatoms. The maximum atomic E-state index is 11.5. The van der Waals surface area contributed by atoms with Gasteiger partial charge in [0, 0.05) is 6.04 Å². The number of pyridine rings is 1. The van der Waals surface area contributed by atoms with E-state index in [9.17, 15) is 4.79 Å². The number of nitrogen functional groups attached to an aromatic ring is 1. The highest BCUT2D eigenvalue weighted by molar-refractivity contribution is 5.88. The molecule has 0 bridgehead atoms. The largest absolute Gasteiger partial charge is 0.464 e. The van der Waals surface area contributed by atoms with Crippen molar-refractivity contribution >= 4 is 17.5 Å². The SMILES string of the molecule is CCC1CCC(Nc2nc(C(=O)OC)ccc2N)CC1. The number of nitrogens with two attached hydrogens (primary N) is 1. The van der Waals surface area contributed by atoms with E-state index in [2.05, 4.69) is 22.0 Å². The lowest BCUT2D eigenvalue weighted by Gasteiger charge is -2.29. The second-order valence-corrected chi connectivity index (χ2v) is 5.40. The van der Waals surface area contributed by atoms with Gasteiger partial charge in [-0.15, -0.1) is 0 Å². The molecule has 0 unspecified atom stereocenters. The van der Waals surface area contributed by atoms with Gasteiger partial charge in [-0.1, -0.05) is 13.3 Å². The summed E-state index contributed by atoms with van der Waals surface area (Å²) in [5, 5.41) is 3.37. The van der Waals surface area contributed by atoms with E-state index < -0.39 is 5.97 Å². The summed E-state index contributed by atoms with van der Waals surface area (Å²) in [7, 11) is 1.35. The van der Waals surface area contributed by atoms with E-state index in [0.29, 0.717) is 17.5 Å². The Bertz CT molecular complexity index is 468. The van der Waals surface area contributed by atoms with Crippen LogP contribution in [0.3, 0.4) is 0 Å². The fourth-order valence-corrected chi connectivity index (χ4v) is 2.71. The molecule has 1 aliphatic carbocycles. The fraction of sp³-hybridized carbons (Fsp3) is 0.600. The Kier molecular flexibility index (Phi) is 4.82. The maximum Gasteiger partial charge on any atom is 0.356 e. The maximum absolute atomic E-state index is 11.5. The fourth-order valence-electron chi connectivity index (χ4n) is 2.71. The molecule has 5 nitrogen and oxygen atoms in total. The zero-order valence-corrected chi connectivity index (χ0v) is 12.2.